The van der Waals surface area contributed by atoms with Crippen LogP contribution in [0.5, 0.6) is 0 Å². The van der Waals surface area contributed by atoms with E-state index >= 15 is 0 Å². The van der Waals surface area contributed by atoms with E-state index in [9.17, 15) is 9.59 Å². The largest absolute Gasteiger partial charge is 0.274 e. The fraction of sp³-hybridized carbons (Fsp3) is 0.579. The molecule has 2 aliphatic rings. The summed E-state index contributed by atoms with van der Waals surface area (Å²) < 4.78 is 0. The second-order valence-electron chi connectivity index (χ2n) is 7.61. The third-order valence-corrected chi connectivity index (χ3v) is 5.96. The average molecular weight is 299 g/mol. The van der Waals surface area contributed by atoms with E-state index in [2.05, 4.69) is 0 Å². The van der Waals surface area contributed by atoms with Gasteiger partial charge in [0, 0.05) is 6.42 Å². The molecule has 1 saturated carbocycles. The fourth-order valence-corrected chi connectivity index (χ4v) is 4.36. The highest BCUT2D eigenvalue weighted by molar-refractivity contribution is 6.19. The third-order valence-electron chi connectivity index (χ3n) is 5.96. The van der Waals surface area contributed by atoms with E-state index in [1.165, 1.54) is 4.90 Å². The second kappa shape index (κ2) is 4.94. The van der Waals surface area contributed by atoms with Gasteiger partial charge in [-0.25, -0.2) is 4.90 Å². The van der Waals surface area contributed by atoms with Crippen molar-refractivity contribution in [2.24, 2.45) is 10.8 Å². The summed E-state index contributed by atoms with van der Waals surface area (Å²) in [6, 6.07) is 5.90. The summed E-state index contributed by atoms with van der Waals surface area (Å²) in [5.41, 5.74) is 2.27. The standard InChI is InChI=1S/C19H25NO2/c1-13-7-8-15(14(2)11-13)20-16(21)12-19(9-5-6-10-19)18(3,4)17(20)22/h7-8,11H,5-6,9-10,12H2,1-4H3. The maximum atomic E-state index is 13.2. The number of piperidine rings is 1. The summed E-state index contributed by atoms with van der Waals surface area (Å²) in [7, 11) is 0. The smallest absolute Gasteiger partial charge is 0.239 e. The molecule has 1 aromatic carbocycles. The normalized spacial score (nSPS) is 23.4. The number of carbonyl (C=O) groups is 2. The Labute approximate surface area is 132 Å². The molecule has 118 valence electrons. The first kappa shape index (κ1) is 15.3. The highest BCUT2D eigenvalue weighted by Gasteiger charge is 2.58. The van der Waals surface area contributed by atoms with Crippen LogP contribution in [-0.4, -0.2) is 11.8 Å². The van der Waals surface area contributed by atoms with Crippen molar-refractivity contribution in [2.45, 2.75) is 59.8 Å². The van der Waals surface area contributed by atoms with Gasteiger partial charge in [-0.2, -0.15) is 0 Å². The van der Waals surface area contributed by atoms with E-state index in [1.807, 2.05) is 45.9 Å². The van der Waals surface area contributed by atoms with E-state index in [4.69, 9.17) is 0 Å². The third kappa shape index (κ3) is 2.02. The number of carbonyl (C=O) groups excluding carboxylic acids is 2. The van der Waals surface area contributed by atoms with Crippen LogP contribution in [0.2, 0.25) is 0 Å². The van der Waals surface area contributed by atoms with Crippen LogP contribution in [0, 0.1) is 24.7 Å². The molecule has 22 heavy (non-hydrogen) atoms. The molecule has 3 rings (SSSR count). The van der Waals surface area contributed by atoms with Crippen LogP contribution < -0.4 is 4.90 Å². The van der Waals surface area contributed by atoms with Gasteiger partial charge in [0.05, 0.1) is 11.1 Å². The number of rotatable bonds is 1. The Morgan fingerprint density at radius 3 is 2.27 bits per heavy atom. The van der Waals surface area contributed by atoms with Crippen LogP contribution in [-0.2, 0) is 9.59 Å². The molecule has 0 bridgehead atoms. The zero-order valence-corrected chi connectivity index (χ0v) is 14.0. The summed E-state index contributed by atoms with van der Waals surface area (Å²) >= 11 is 0. The van der Waals surface area contributed by atoms with Gasteiger partial charge >= 0.3 is 0 Å². The van der Waals surface area contributed by atoms with Crippen molar-refractivity contribution in [3.8, 4) is 0 Å². The van der Waals surface area contributed by atoms with E-state index in [0.717, 1.165) is 42.5 Å². The lowest BCUT2D eigenvalue weighted by atomic mass is 9.59. The number of imide groups is 1. The molecule has 1 heterocycles. The lowest BCUT2D eigenvalue weighted by molar-refractivity contribution is -0.146. The molecule has 0 unspecified atom stereocenters. The van der Waals surface area contributed by atoms with Crippen molar-refractivity contribution in [3.05, 3.63) is 29.3 Å². The number of aryl methyl sites for hydroxylation is 2. The van der Waals surface area contributed by atoms with E-state index in [-0.39, 0.29) is 17.2 Å². The topological polar surface area (TPSA) is 37.4 Å². The van der Waals surface area contributed by atoms with Crippen molar-refractivity contribution in [1.29, 1.82) is 0 Å². The van der Waals surface area contributed by atoms with Crippen molar-refractivity contribution >= 4 is 17.5 Å². The monoisotopic (exact) mass is 299 g/mol. The van der Waals surface area contributed by atoms with E-state index in [1.54, 1.807) is 0 Å². The predicted molar refractivity (Wildman–Crippen MR) is 87.7 cm³/mol. The second-order valence-corrected chi connectivity index (χ2v) is 7.61. The Bertz CT molecular complexity index is 639. The van der Waals surface area contributed by atoms with Crippen LogP contribution in [0.1, 0.15) is 57.1 Å². The Balaban J connectivity index is 2.04. The molecule has 1 aliphatic carbocycles. The number of anilines is 1. The van der Waals surface area contributed by atoms with Crippen LogP contribution in [0.15, 0.2) is 18.2 Å². The Kier molecular flexibility index (Phi) is 3.42. The van der Waals surface area contributed by atoms with Gasteiger partial charge in [-0.15, -0.1) is 0 Å². The number of benzene rings is 1. The van der Waals surface area contributed by atoms with Crippen LogP contribution in [0.25, 0.3) is 0 Å². The first-order valence-electron chi connectivity index (χ1n) is 8.23. The molecule has 0 N–H and O–H groups in total. The first-order chi connectivity index (χ1) is 10.3. The minimum atomic E-state index is -0.477. The summed E-state index contributed by atoms with van der Waals surface area (Å²) in [6.45, 7) is 8.05. The average Bonchev–Trinajstić information content (AvgIpc) is 2.90. The highest BCUT2D eigenvalue weighted by atomic mass is 16.2. The van der Waals surface area contributed by atoms with Gasteiger partial charge in [-0.3, -0.25) is 9.59 Å². The molecule has 1 spiro atoms. The molecule has 1 saturated heterocycles. The van der Waals surface area contributed by atoms with Crippen molar-refractivity contribution in [3.63, 3.8) is 0 Å². The number of hydrogen-bond donors (Lipinski definition) is 0. The number of amides is 2. The van der Waals surface area contributed by atoms with Gasteiger partial charge in [-0.05, 0) is 43.7 Å². The molecule has 0 aromatic heterocycles. The van der Waals surface area contributed by atoms with E-state index < -0.39 is 5.41 Å². The molecular weight excluding hydrogens is 274 g/mol. The molecule has 2 amide bonds. The molecule has 1 aromatic rings. The summed E-state index contributed by atoms with van der Waals surface area (Å²) in [4.78, 5) is 27.4. The van der Waals surface area contributed by atoms with Crippen molar-refractivity contribution < 1.29 is 9.59 Å². The minimum Gasteiger partial charge on any atom is -0.274 e. The van der Waals surface area contributed by atoms with Crippen LogP contribution in [0.4, 0.5) is 5.69 Å². The number of hydrogen-bond acceptors (Lipinski definition) is 2. The molecular formula is C19H25NO2. The maximum absolute atomic E-state index is 13.2. The van der Waals surface area contributed by atoms with Crippen molar-refractivity contribution in [2.75, 3.05) is 4.90 Å². The predicted octanol–water partition coefficient (Wildman–Crippen LogP) is 4.15. The van der Waals surface area contributed by atoms with Gasteiger partial charge in [0.2, 0.25) is 11.8 Å². The SMILES string of the molecule is Cc1ccc(N2C(=O)CC3(CCCC3)C(C)(C)C2=O)c(C)c1. The Morgan fingerprint density at radius 2 is 1.68 bits per heavy atom. The lowest BCUT2D eigenvalue weighted by Gasteiger charge is -2.49. The summed E-state index contributed by atoms with van der Waals surface area (Å²) in [5.74, 6) is -0.0595. The molecule has 0 radical (unpaired) electrons. The van der Waals surface area contributed by atoms with Crippen LogP contribution >= 0.6 is 0 Å². The molecule has 2 fully saturated rings. The zero-order chi connectivity index (χ0) is 16.1. The summed E-state index contributed by atoms with van der Waals surface area (Å²) in [5, 5.41) is 0. The molecule has 0 atom stereocenters. The quantitative estimate of drug-likeness (QED) is 0.730. The minimum absolute atomic E-state index is 0.0295. The van der Waals surface area contributed by atoms with Gasteiger partial charge < -0.3 is 0 Å². The first-order valence-corrected chi connectivity index (χ1v) is 8.23. The highest BCUT2D eigenvalue weighted by Crippen LogP contribution is 2.57. The van der Waals surface area contributed by atoms with Gasteiger partial charge in [-0.1, -0.05) is 44.4 Å². The molecule has 3 nitrogen and oxygen atoms in total. The molecule has 1 aliphatic heterocycles. The summed E-state index contributed by atoms with van der Waals surface area (Å²) in [6.07, 6.45) is 4.76. The maximum Gasteiger partial charge on any atom is 0.239 e. The van der Waals surface area contributed by atoms with Gasteiger partial charge in [0.15, 0.2) is 0 Å². The molecule has 3 heteroatoms. The fourth-order valence-electron chi connectivity index (χ4n) is 4.36. The Morgan fingerprint density at radius 1 is 1.05 bits per heavy atom. The Hall–Kier alpha value is -1.64. The lowest BCUT2D eigenvalue weighted by Crippen LogP contribution is -2.58. The zero-order valence-electron chi connectivity index (χ0n) is 14.0. The number of nitrogens with zero attached hydrogens (tertiary/aromatic N) is 1. The van der Waals surface area contributed by atoms with Crippen molar-refractivity contribution in [1.82, 2.24) is 0 Å². The van der Waals surface area contributed by atoms with Gasteiger partial charge in [0.1, 0.15) is 0 Å². The van der Waals surface area contributed by atoms with Crippen LogP contribution in [0.3, 0.4) is 0 Å². The van der Waals surface area contributed by atoms with E-state index in [0.29, 0.717) is 6.42 Å². The van der Waals surface area contributed by atoms with Gasteiger partial charge in [0.25, 0.3) is 0 Å².